The van der Waals surface area contributed by atoms with E-state index in [1.54, 1.807) is 0 Å². The van der Waals surface area contributed by atoms with Gasteiger partial charge in [-0.25, -0.2) is 0 Å². The largest absolute Gasteiger partial charge is 0.445 e. The number of carbonyl (C=O) groups is 1. The Morgan fingerprint density at radius 3 is 2.53 bits per heavy atom. The number of alkyl halides is 3. The van der Waals surface area contributed by atoms with Crippen LogP contribution in [-0.4, -0.2) is 36.6 Å². The van der Waals surface area contributed by atoms with Gasteiger partial charge in [0, 0.05) is 12.5 Å². The molecule has 1 aliphatic rings. The van der Waals surface area contributed by atoms with Gasteiger partial charge in [0.2, 0.25) is 16.0 Å². The average Bonchev–Trinajstić information content (AvgIpc) is 3.41. The quantitative estimate of drug-likeness (QED) is 0.479. The fourth-order valence-electron chi connectivity index (χ4n) is 3.68. The molecule has 1 aromatic carbocycles. The average molecular weight is 483 g/mol. The van der Waals surface area contributed by atoms with Gasteiger partial charge in [-0.3, -0.25) is 10.1 Å². The van der Waals surface area contributed by atoms with E-state index in [9.17, 15) is 18.0 Å². The van der Waals surface area contributed by atoms with Crippen LogP contribution in [0.2, 0.25) is 0 Å². The Balaban J connectivity index is 1.45. The van der Waals surface area contributed by atoms with Crippen molar-refractivity contribution in [2.24, 2.45) is 0 Å². The van der Waals surface area contributed by atoms with E-state index >= 15 is 0 Å². The number of thioether (sulfide) groups is 1. The molecule has 2 aromatic heterocycles. The molecule has 1 amide bonds. The molecule has 12 heteroatoms. The number of nitrogens with one attached hydrogen (secondary N) is 1. The van der Waals surface area contributed by atoms with Crippen molar-refractivity contribution in [3.8, 4) is 0 Å². The standard InChI is InChI=1S/C20H21F3N6OS2/c21-20(22,23)17-26-27-18(32-17)24-16(30)12-31-19-28-25-15(11-13-7-3-1-4-8-13)29(19)14-9-5-2-6-10-14/h1,3-4,7-8,14H,2,5-6,9-12H2,(H,24,27,30). The molecule has 0 bridgehead atoms. The third-order valence-electron chi connectivity index (χ3n) is 5.13. The maximum atomic E-state index is 12.7. The summed E-state index contributed by atoms with van der Waals surface area (Å²) >= 11 is 1.52. The number of amides is 1. The topological polar surface area (TPSA) is 85.6 Å². The van der Waals surface area contributed by atoms with Gasteiger partial charge in [0.1, 0.15) is 5.82 Å². The van der Waals surface area contributed by atoms with E-state index < -0.39 is 17.1 Å². The first-order valence-electron chi connectivity index (χ1n) is 10.2. The summed E-state index contributed by atoms with van der Waals surface area (Å²) in [5, 5.41) is 16.9. The molecular formula is C20H21F3N6OS2. The van der Waals surface area contributed by atoms with Crippen LogP contribution in [0.25, 0.3) is 0 Å². The SMILES string of the molecule is O=C(CSc1nnc(Cc2ccccc2)n1C1CCCCC1)Nc1nnc(C(F)(F)F)s1. The van der Waals surface area contributed by atoms with E-state index in [-0.39, 0.29) is 16.9 Å². The number of halogens is 3. The van der Waals surface area contributed by atoms with E-state index in [1.165, 1.54) is 18.2 Å². The molecule has 1 aliphatic carbocycles. The maximum Gasteiger partial charge on any atom is 0.445 e. The zero-order chi connectivity index (χ0) is 22.6. The molecule has 1 fully saturated rings. The Kier molecular flexibility index (Phi) is 7.09. The molecule has 7 nitrogen and oxygen atoms in total. The molecule has 0 unspecified atom stereocenters. The molecule has 4 rings (SSSR count). The molecule has 32 heavy (non-hydrogen) atoms. The van der Waals surface area contributed by atoms with Gasteiger partial charge >= 0.3 is 6.18 Å². The van der Waals surface area contributed by atoms with Gasteiger partial charge < -0.3 is 4.57 Å². The first kappa shape index (κ1) is 22.7. The summed E-state index contributed by atoms with van der Waals surface area (Å²) in [5.74, 6) is 0.365. The fraction of sp³-hybridized carbons (Fsp3) is 0.450. The van der Waals surface area contributed by atoms with Crippen LogP contribution in [0.3, 0.4) is 0 Å². The van der Waals surface area contributed by atoms with Gasteiger partial charge in [0.05, 0.1) is 5.75 Å². The van der Waals surface area contributed by atoms with Gasteiger partial charge in [0.25, 0.3) is 0 Å². The second-order valence-corrected chi connectivity index (χ2v) is 9.39. The molecule has 2 heterocycles. The molecular weight excluding hydrogens is 461 g/mol. The van der Waals surface area contributed by atoms with Crippen molar-refractivity contribution in [2.45, 2.75) is 55.9 Å². The molecule has 3 aromatic rings. The van der Waals surface area contributed by atoms with Gasteiger partial charge in [-0.2, -0.15) is 13.2 Å². The van der Waals surface area contributed by atoms with Gasteiger partial charge in [-0.05, 0) is 18.4 Å². The lowest BCUT2D eigenvalue weighted by Gasteiger charge is -2.25. The highest BCUT2D eigenvalue weighted by Gasteiger charge is 2.35. The Hall–Kier alpha value is -2.47. The van der Waals surface area contributed by atoms with Crippen LogP contribution in [0.4, 0.5) is 18.3 Å². The summed E-state index contributed by atoms with van der Waals surface area (Å²) in [4.78, 5) is 12.3. The number of anilines is 1. The molecule has 1 saturated carbocycles. The second-order valence-electron chi connectivity index (χ2n) is 7.47. The number of hydrogen-bond acceptors (Lipinski definition) is 7. The summed E-state index contributed by atoms with van der Waals surface area (Å²) in [5.41, 5.74) is 1.13. The van der Waals surface area contributed by atoms with Crippen molar-refractivity contribution in [3.63, 3.8) is 0 Å². The van der Waals surface area contributed by atoms with E-state index in [4.69, 9.17) is 0 Å². The highest BCUT2D eigenvalue weighted by molar-refractivity contribution is 7.99. The van der Waals surface area contributed by atoms with E-state index in [2.05, 4.69) is 30.3 Å². The van der Waals surface area contributed by atoms with Gasteiger partial charge in [-0.1, -0.05) is 72.7 Å². The lowest BCUT2D eigenvalue weighted by Crippen LogP contribution is -2.18. The molecule has 0 aliphatic heterocycles. The number of aromatic nitrogens is 5. The van der Waals surface area contributed by atoms with Crippen molar-refractivity contribution in [1.29, 1.82) is 0 Å². The normalized spacial score (nSPS) is 15.1. The molecule has 170 valence electrons. The monoisotopic (exact) mass is 482 g/mol. The smallest absolute Gasteiger partial charge is 0.303 e. The summed E-state index contributed by atoms with van der Waals surface area (Å²) in [6, 6.07) is 10.3. The summed E-state index contributed by atoms with van der Waals surface area (Å²) in [7, 11) is 0. The van der Waals surface area contributed by atoms with Crippen LogP contribution in [0.1, 0.15) is 54.5 Å². The van der Waals surface area contributed by atoms with Crippen molar-refractivity contribution >= 4 is 34.1 Å². The number of benzene rings is 1. The molecule has 0 spiro atoms. The molecule has 1 N–H and O–H groups in total. The zero-order valence-corrected chi connectivity index (χ0v) is 18.6. The van der Waals surface area contributed by atoms with E-state index in [1.807, 2.05) is 30.3 Å². The minimum absolute atomic E-state index is 0.0167. The third-order valence-corrected chi connectivity index (χ3v) is 6.95. The highest BCUT2D eigenvalue weighted by atomic mass is 32.2. The van der Waals surface area contributed by atoms with Crippen molar-refractivity contribution in [1.82, 2.24) is 25.0 Å². The van der Waals surface area contributed by atoms with Gasteiger partial charge in [-0.15, -0.1) is 20.4 Å². The molecule has 0 radical (unpaired) electrons. The number of nitrogens with zero attached hydrogens (tertiary/aromatic N) is 5. The lowest BCUT2D eigenvalue weighted by atomic mass is 9.95. The van der Waals surface area contributed by atoms with Crippen LogP contribution in [0.15, 0.2) is 35.5 Å². The van der Waals surface area contributed by atoms with Crippen LogP contribution < -0.4 is 5.32 Å². The Morgan fingerprint density at radius 1 is 1.09 bits per heavy atom. The predicted octanol–water partition coefficient (Wildman–Crippen LogP) is 4.98. The molecule has 0 saturated heterocycles. The Bertz CT molecular complexity index is 1050. The lowest BCUT2D eigenvalue weighted by molar-refractivity contribution is -0.138. The molecule has 0 atom stereocenters. The van der Waals surface area contributed by atoms with Crippen LogP contribution in [0, 0.1) is 0 Å². The van der Waals surface area contributed by atoms with Gasteiger partial charge in [0.15, 0.2) is 5.16 Å². The number of hydrogen-bond donors (Lipinski definition) is 1. The summed E-state index contributed by atoms with van der Waals surface area (Å²) in [6.07, 6.45) is 1.60. The zero-order valence-electron chi connectivity index (χ0n) is 17.0. The minimum Gasteiger partial charge on any atom is -0.303 e. The van der Waals surface area contributed by atoms with E-state index in [0.717, 1.165) is 37.1 Å². The first-order valence-corrected chi connectivity index (χ1v) is 12.0. The number of carbonyl (C=O) groups excluding carboxylic acids is 1. The maximum absolute atomic E-state index is 12.7. The Labute approximate surface area is 190 Å². The van der Waals surface area contributed by atoms with Crippen LogP contribution in [0.5, 0.6) is 0 Å². The number of rotatable bonds is 7. The highest BCUT2D eigenvalue weighted by Crippen LogP contribution is 2.34. The van der Waals surface area contributed by atoms with Crippen molar-refractivity contribution < 1.29 is 18.0 Å². The summed E-state index contributed by atoms with van der Waals surface area (Å²) < 4.78 is 40.1. The predicted molar refractivity (Wildman–Crippen MR) is 116 cm³/mol. The van der Waals surface area contributed by atoms with Crippen molar-refractivity contribution in [3.05, 3.63) is 46.7 Å². The van der Waals surface area contributed by atoms with E-state index in [0.29, 0.717) is 22.9 Å². The van der Waals surface area contributed by atoms with Crippen molar-refractivity contribution in [2.75, 3.05) is 11.1 Å². The first-order chi connectivity index (χ1) is 15.4. The second kappa shape index (κ2) is 9.99. The van der Waals surface area contributed by atoms with Crippen LogP contribution >= 0.6 is 23.1 Å². The minimum atomic E-state index is -4.58. The third kappa shape index (κ3) is 5.66. The Morgan fingerprint density at radius 2 is 1.84 bits per heavy atom. The summed E-state index contributed by atoms with van der Waals surface area (Å²) in [6.45, 7) is 0. The van der Waals surface area contributed by atoms with Crippen LogP contribution in [-0.2, 0) is 17.4 Å². The fourth-order valence-corrected chi connectivity index (χ4v) is 5.14.